The van der Waals surface area contributed by atoms with Crippen LogP contribution in [0, 0.1) is 68.5 Å². The highest BCUT2D eigenvalue weighted by atomic mass is 32.2. The van der Waals surface area contributed by atoms with Crippen LogP contribution < -0.4 is 10.6 Å². The number of aliphatic imine (C=N–C) groups is 1. The Bertz CT molecular complexity index is 2190. The van der Waals surface area contributed by atoms with E-state index in [1.807, 2.05) is 68.4 Å². The monoisotopic (exact) mass is 1050 g/mol. The van der Waals surface area contributed by atoms with E-state index in [4.69, 9.17) is 23.9 Å². The Morgan fingerprint density at radius 2 is 1.15 bits per heavy atom. The molecule has 0 radical (unpaired) electrons. The molecule has 0 spiro atoms. The normalized spacial score (nSPS) is 25.8. The van der Waals surface area contributed by atoms with Gasteiger partial charge in [-0.1, -0.05) is 145 Å². The van der Waals surface area contributed by atoms with Crippen LogP contribution in [-0.4, -0.2) is 84.2 Å². The Labute approximate surface area is 452 Å². The Morgan fingerprint density at radius 3 is 1.55 bits per heavy atom. The number of hydrogen-bond donors (Lipinski definition) is 3. The highest BCUT2D eigenvalue weighted by molar-refractivity contribution is 8.00. The van der Waals surface area contributed by atoms with Crippen molar-refractivity contribution in [3.8, 4) is 0 Å². The van der Waals surface area contributed by atoms with Crippen molar-refractivity contribution in [2.75, 3.05) is 31.4 Å². The van der Waals surface area contributed by atoms with Crippen molar-refractivity contribution in [3.63, 3.8) is 0 Å². The van der Waals surface area contributed by atoms with Crippen molar-refractivity contribution in [1.29, 1.82) is 0 Å². The van der Waals surface area contributed by atoms with Crippen molar-refractivity contribution in [1.82, 2.24) is 10.3 Å². The Morgan fingerprint density at radius 1 is 0.689 bits per heavy atom. The molecule has 0 saturated heterocycles. The van der Waals surface area contributed by atoms with E-state index < -0.39 is 22.6 Å². The number of methoxy groups -OCH3 is 1. The number of allylic oxidation sites excluding steroid dienone is 1. The third-order valence-corrected chi connectivity index (χ3v) is 17.0. The zero-order chi connectivity index (χ0) is 56.4. The number of carbonyl (C=O) groups is 4. The van der Waals surface area contributed by atoms with Crippen LogP contribution in [0.4, 0.5) is 5.82 Å². The standard InChI is InChI=1S/C61H102N4O8S/c1-33(2)45-43(31-44-46(34(3)4)48(52(63-44)65-56(69)61(21,22)23)55(68)73-50-41(59(15,16)17)29-36(6)30-42(50)60(18,19)20)62-51(64-53(66)38(8)74-26-25-71-37(7)32-70-24)47(45)54(67)72-49-39(57(9,10)11)27-35(5)28-40(49)58(12,13)14/h31,33-42,49-50,62H,25-30,32H2,1-24H3,(H,64,66)(H,63,65,69). The molecule has 420 valence electrons. The molecular weight excluding hydrogens is 949 g/mol. The zero-order valence-corrected chi connectivity index (χ0v) is 51.4. The van der Waals surface area contributed by atoms with Crippen molar-refractivity contribution in [2.45, 2.75) is 214 Å². The first kappa shape index (κ1) is 63.1. The first-order valence-corrected chi connectivity index (χ1v) is 28.9. The van der Waals surface area contributed by atoms with Crippen molar-refractivity contribution >= 4 is 53.2 Å². The fourth-order valence-electron chi connectivity index (χ4n) is 11.6. The van der Waals surface area contributed by atoms with Crippen molar-refractivity contribution < 1.29 is 38.1 Å². The van der Waals surface area contributed by atoms with Crippen LogP contribution in [0.2, 0.25) is 0 Å². The average molecular weight is 1050 g/mol. The summed E-state index contributed by atoms with van der Waals surface area (Å²) in [4.78, 5) is 67.5. The maximum atomic E-state index is 15.4. The number of H-pyrrole nitrogens is 1. The van der Waals surface area contributed by atoms with Crippen LogP contribution in [0.25, 0.3) is 6.08 Å². The van der Waals surface area contributed by atoms with E-state index in [0.717, 1.165) is 25.7 Å². The van der Waals surface area contributed by atoms with Gasteiger partial charge in [-0.05, 0) is 102 Å². The summed E-state index contributed by atoms with van der Waals surface area (Å²) in [7, 11) is 1.64. The molecule has 2 fully saturated rings. The molecule has 2 heterocycles. The lowest BCUT2D eigenvalue weighted by Gasteiger charge is -2.50. The summed E-state index contributed by atoms with van der Waals surface area (Å²) in [5.74, 6) is 0.142. The fourth-order valence-corrected chi connectivity index (χ4v) is 12.4. The predicted octanol–water partition coefficient (Wildman–Crippen LogP) is 14.1. The number of thioether (sulfide) groups is 1. The van der Waals surface area contributed by atoms with E-state index in [1.165, 1.54) is 11.8 Å². The summed E-state index contributed by atoms with van der Waals surface area (Å²) in [5, 5.41) is 5.70. The SMILES string of the molecule is COCC(C)OCCSC(C)C(=O)Nc1[nH]c(C=C2N=C(NC(=O)C(C)(C)C)C(C(=O)OC3C(C(C)(C)C)CC(C)CC3C(C)(C)C)=C2C(C)C)c(C(C)C)c1C(=O)OC1C(C(C)(C)C)CC(C)CC1C(C)(C)C. The van der Waals surface area contributed by atoms with E-state index in [0.29, 0.717) is 53.3 Å². The van der Waals surface area contributed by atoms with Crippen LogP contribution >= 0.6 is 11.8 Å². The molecule has 0 bridgehead atoms. The number of esters is 2. The summed E-state index contributed by atoms with van der Waals surface area (Å²) in [6, 6.07) is 0. The average Bonchev–Trinajstić information content (AvgIpc) is 3.79. The molecule has 2 amide bonds. The van der Waals surface area contributed by atoms with E-state index >= 15 is 9.59 Å². The second-order valence-corrected chi connectivity index (χ2v) is 29.9. The highest BCUT2D eigenvalue weighted by Gasteiger charge is 2.51. The fraction of sp³-hybridized carbons (Fsp3) is 0.787. The Hall–Kier alpha value is -3.42. The number of carbonyl (C=O) groups excluding carboxylic acids is 4. The molecule has 1 aromatic rings. The van der Waals surface area contributed by atoms with Crippen molar-refractivity contribution in [3.05, 3.63) is 33.7 Å². The van der Waals surface area contributed by atoms with E-state index in [2.05, 4.69) is 113 Å². The molecule has 12 nitrogen and oxygen atoms in total. The molecule has 1 aliphatic heterocycles. The summed E-state index contributed by atoms with van der Waals surface area (Å²) in [5.41, 5.74) is 1.35. The molecule has 2 aliphatic carbocycles. The first-order chi connectivity index (χ1) is 33.8. The van der Waals surface area contributed by atoms with Gasteiger partial charge in [0.2, 0.25) is 11.8 Å². The molecule has 2 saturated carbocycles. The minimum absolute atomic E-state index is 0.0763. The highest BCUT2D eigenvalue weighted by Crippen LogP contribution is 2.52. The largest absolute Gasteiger partial charge is 0.458 e. The Kier molecular flexibility index (Phi) is 20.9. The Balaban J connectivity index is 1.98. The first-order valence-electron chi connectivity index (χ1n) is 27.9. The molecule has 6 unspecified atom stereocenters. The predicted molar refractivity (Wildman–Crippen MR) is 305 cm³/mol. The molecule has 6 atom stereocenters. The van der Waals surface area contributed by atoms with Crippen LogP contribution in [0.3, 0.4) is 0 Å². The molecule has 4 rings (SSSR count). The molecule has 1 aromatic heterocycles. The number of nitrogens with one attached hydrogen (secondary N) is 3. The third kappa shape index (κ3) is 15.8. The van der Waals surface area contributed by atoms with E-state index in [9.17, 15) is 9.59 Å². The molecule has 3 aliphatic rings. The van der Waals surface area contributed by atoms with Gasteiger partial charge in [-0.25, -0.2) is 14.6 Å². The molecule has 3 N–H and O–H groups in total. The summed E-state index contributed by atoms with van der Waals surface area (Å²) in [6.45, 7) is 49.6. The van der Waals surface area contributed by atoms with Gasteiger partial charge in [0.25, 0.3) is 0 Å². The lowest BCUT2D eigenvalue weighted by molar-refractivity contribution is -0.164. The molecule has 74 heavy (non-hydrogen) atoms. The smallest absolute Gasteiger partial charge is 0.342 e. The molecule has 13 heteroatoms. The van der Waals surface area contributed by atoms with Crippen LogP contribution in [0.15, 0.2) is 21.8 Å². The summed E-state index contributed by atoms with van der Waals surface area (Å²) in [6.07, 6.45) is 4.74. The third-order valence-electron chi connectivity index (χ3n) is 15.9. The minimum atomic E-state index is -0.804. The number of amidine groups is 1. The van der Waals surface area contributed by atoms with Crippen molar-refractivity contribution in [2.24, 2.45) is 73.5 Å². The van der Waals surface area contributed by atoms with Gasteiger partial charge >= 0.3 is 11.9 Å². The number of aromatic nitrogens is 1. The lowest BCUT2D eigenvalue weighted by atomic mass is 9.59. The van der Waals surface area contributed by atoms with Gasteiger partial charge in [-0.3, -0.25) is 9.59 Å². The maximum absolute atomic E-state index is 15.4. The summed E-state index contributed by atoms with van der Waals surface area (Å²) >= 11 is 1.46. The summed E-state index contributed by atoms with van der Waals surface area (Å²) < 4.78 is 24.9. The topological polar surface area (TPSA) is 157 Å². The lowest BCUT2D eigenvalue weighted by Crippen LogP contribution is -2.50. The number of anilines is 1. The molecule has 0 aromatic carbocycles. The number of aromatic amines is 1. The van der Waals surface area contributed by atoms with E-state index in [-0.39, 0.29) is 110 Å². The number of hydrogen-bond acceptors (Lipinski definition) is 10. The van der Waals surface area contributed by atoms with Gasteiger partial charge in [0.05, 0.1) is 30.3 Å². The number of rotatable bonds is 16. The number of nitrogens with zero attached hydrogens (tertiary/aromatic N) is 1. The van der Waals surface area contributed by atoms with Gasteiger partial charge in [0.1, 0.15) is 35.0 Å². The maximum Gasteiger partial charge on any atom is 0.342 e. The minimum Gasteiger partial charge on any atom is -0.458 e. The van der Waals surface area contributed by atoms with Crippen LogP contribution in [0.5, 0.6) is 0 Å². The number of amides is 2. The van der Waals surface area contributed by atoms with Crippen LogP contribution in [0.1, 0.15) is 212 Å². The van der Waals surface area contributed by atoms with Crippen LogP contribution in [-0.2, 0) is 33.3 Å². The van der Waals surface area contributed by atoms with Gasteiger partial charge < -0.3 is 34.6 Å². The van der Waals surface area contributed by atoms with Gasteiger partial charge in [-0.15, -0.1) is 11.8 Å². The second-order valence-electron chi connectivity index (χ2n) is 28.4. The van der Waals surface area contributed by atoms with Gasteiger partial charge in [0.15, 0.2) is 0 Å². The van der Waals surface area contributed by atoms with Gasteiger partial charge in [-0.2, -0.15) is 0 Å². The quantitative estimate of drug-likeness (QED) is 0.108. The van der Waals surface area contributed by atoms with Gasteiger partial charge in [0, 0.05) is 47.6 Å². The molecular formula is C61H102N4O8S. The van der Waals surface area contributed by atoms with E-state index in [1.54, 1.807) is 7.11 Å². The number of ether oxygens (including phenoxy) is 4. The second kappa shape index (κ2) is 24.5. The zero-order valence-electron chi connectivity index (χ0n) is 50.6.